The minimum absolute atomic E-state index is 0.528. The Balaban J connectivity index is 3.75. The van der Waals surface area contributed by atoms with Crippen LogP contribution >= 0.6 is 0 Å². The Kier molecular flexibility index (Phi) is 3.79. The van der Waals surface area contributed by atoms with Gasteiger partial charge in [0.15, 0.2) is 0 Å². The SMILES string of the molecule is C[C](C)(C)[Sr][C](C)(C)C. The zero-order valence-corrected chi connectivity index (χ0v) is 11.2. The first kappa shape index (κ1) is 10.5. The summed E-state index contributed by atoms with van der Waals surface area (Å²) in [4.78, 5) is 0. The third kappa shape index (κ3) is 9.48. The average Bonchev–Trinajstić information content (AvgIpc) is 1.14. The quantitative estimate of drug-likeness (QED) is 0.529. The van der Waals surface area contributed by atoms with Gasteiger partial charge in [-0.15, -0.1) is 0 Å². The summed E-state index contributed by atoms with van der Waals surface area (Å²) in [6.07, 6.45) is 0. The van der Waals surface area contributed by atoms with E-state index in [9.17, 15) is 0 Å². The second kappa shape index (κ2) is 3.25. The Morgan fingerprint density at radius 1 is 0.667 bits per heavy atom. The van der Waals surface area contributed by atoms with Gasteiger partial charge in [-0.05, 0) is 0 Å². The molecule has 0 aliphatic heterocycles. The van der Waals surface area contributed by atoms with Gasteiger partial charge in [-0.1, -0.05) is 0 Å². The van der Waals surface area contributed by atoms with Gasteiger partial charge in [-0.2, -0.15) is 0 Å². The molecule has 0 N–H and O–H groups in total. The Morgan fingerprint density at radius 3 is 0.889 bits per heavy atom. The van der Waals surface area contributed by atoms with Gasteiger partial charge in [-0.25, -0.2) is 0 Å². The fourth-order valence-electron chi connectivity index (χ4n) is 1.59. The van der Waals surface area contributed by atoms with Crippen LogP contribution in [0.4, 0.5) is 0 Å². The summed E-state index contributed by atoms with van der Waals surface area (Å²) in [7, 11) is 0. The van der Waals surface area contributed by atoms with E-state index in [-0.39, 0.29) is 0 Å². The maximum absolute atomic E-state index is 2.38. The number of hydrogen-bond acceptors (Lipinski definition) is 0. The second-order valence-corrected chi connectivity index (χ2v) is 16.6. The van der Waals surface area contributed by atoms with Crippen LogP contribution in [0.2, 0.25) is 0.772 Å². The van der Waals surface area contributed by atoms with E-state index >= 15 is 0 Å². The van der Waals surface area contributed by atoms with Crippen LogP contribution in [-0.4, -0.2) is 41.0 Å². The molecule has 0 amide bonds. The second-order valence-electron chi connectivity index (χ2n) is 5.30. The van der Waals surface area contributed by atoms with Crippen molar-refractivity contribution in [3.8, 4) is 0 Å². The van der Waals surface area contributed by atoms with Gasteiger partial charge in [0.25, 0.3) is 0 Å². The van der Waals surface area contributed by atoms with Gasteiger partial charge in [0.2, 0.25) is 0 Å². The Morgan fingerprint density at radius 2 is 0.889 bits per heavy atom. The van der Waals surface area contributed by atoms with E-state index in [1.807, 2.05) is 0 Å². The summed E-state index contributed by atoms with van der Waals surface area (Å²) < 4.78 is 1.39. The van der Waals surface area contributed by atoms with Crippen LogP contribution in [0.5, 0.6) is 0 Å². The van der Waals surface area contributed by atoms with Crippen molar-refractivity contribution in [1.82, 2.24) is 0 Å². The molecule has 0 aliphatic rings. The first-order chi connectivity index (χ1) is 3.71. The van der Waals surface area contributed by atoms with E-state index in [0.717, 1.165) is 0 Å². The van der Waals surface area contributed by atoms with E-state index in [1.54, 1.807) is 0 Å². The molecule has 0 fully saturated rings. The monoisotopic (exact) mass is 202 g/mol. The van der Waals surface area contributed by atoms with E-state index in [0.29, 0.717) is 0.772 Å². The number of rotatable bonds is 0. The van der Waals surface area contributed by atoms with Crippen LogP contribution in [0, 0.1) is 0 Å². The van der Waals surface area contributed by atoms with Crippen molar-refractivity contribution in [3.63, 3.8) is 0 Å². The van der Waals surface area contributed by atoms with Gasteiger partial charge in [0, 0.05) is 0 Å². The van der Waals surface area contributed by atoms with Crippen molar-refractivity contribution < 1.29 is 0 Å². The van der Waals surface area contributed by atoms with E-state index < -0.39 is 41.0 Å². The van der Waals surface area contributed by atoms with Crippen LogP contribution in [0.1, 0.15) is 41.5 Å². The topological polar surface area (TPSA) is 0 Å². The fourth-order valence-corrected chi connectivity index (χ4v) is 9.41. The van der Waals surface area contributed by atoms with E-state index in [1.165, 1.54) is 0 Å². The Hall–Kier alpha value is 1.48. The summed E-state index contributed by atoms with van der Waals surface area (Å²) in [5.74, 6) is 0. The van der Waals surface area contributed by atoms with Gasteiger partial charge in [-0.3, -0.25) is 0 Å². The Labute approximate surface area is 82.2 Å². The van der Waals surface area contributed by atoms with Gasteiger partial charge >= 0.3 is 83.3 Å². The van der Waals surface area contributed by atoms with Crippen molar-refractivity contribution in [3.05, 3.63) is 0 Å². The molecule has 1 heteroatoms. The fraction of sp³-hybridized carbons (Fsp3) is 1.00. The first-order valence-electron chi connectivity index (χ1n) is 3.71. The van der Waals surface area contributed by atoms with Crippen molar-refractivity contribution >= 4 is 41.0 Å². The predicted octanol–water partition coefficient (Wildman–Crippen LogP) is 3.13. The average molecular weight is 202 g/mol. The van der Waals surface area contributed by atoms with Crippen LogP contribution in [0.15, 0.2) is 0 Å². The molecule has 0 aliphatic carbocycles. The normalized spacial score (nSPS) is 13.1. The van der Waals surface area contributed by atoms with Gasteiger partial charge in [0.05, 0.1) is 0 Å². The molecule has 0 heterocycles. The molecule has 9 heavy (non-hydrogen) atoms. The zero-order chi connectivity index (χ0) is 7.71. The molecule has 0 saturated carbocycles. The zero-order valence-electron chi connectivity index (χ0n) is 7.71. The molecule has 0 bridgehead atoms. The molecule has 0 unspecified atom stereocenters. The van der Waals surface area contributed by atoms with Crippen LogP contribution in [0.25, 0.3) is 0 Å². The molecule has 0 rings (SSSR count). The molecule has 0 saturated heterocycles. The molecule has 52 valence electrons. The molecule has 0 atom stereocenters. The summed E-state index contributed by atoms with van der Waals surface area (Å²) in [5.41, 5.74) is 0. The van der Waals surface area contributed by atoms with Crippen LogP contribution in [-0.2, 0) is 0 Å². The van der Waals surface area contributed by atoms with Gasteiger partial charge in [0.1, 0.15) is 0 Å². The van der Waals surface area contributed by atoms with E-state index in [4.69, 9.17) is 0 Å². The van der Waals surface area contributed by atoms with Crippen LogP contribution in [0.3, 0.4) is 0 Å². The molecule has 0 aromatic rings. The molecular formula is C8H18Sr. The summed E-state index contributed by atoms with van der Waals surface area (Å²) in [5, 5.41) is 0. The summed E-state index contributed by atoms with van der Waals surface area (Å²) >= 11 is -0.528. The maximum atomic E-state index is 2.38. The Bertz CT molecular complexity index is 69.7. The third-order valence-electron chi connectivity index (χ3n) is 1.06. The molecule has 0 spiro atoms. The molecular weight excluding hydrogens is 184 g/mol. The van der Waals surface area contributed by atoms with Crippen molar-refractivity contribution in [2.24, 2.45) is 0 Å². The van der Waals surface area contributed by atoms with E-state index in [2.05, 4.69) is 41.5 Å². The van der Waals surface area contributed by atoms with Crippen molar-refractivity contribution in [2.45, 2.75) is 42.3 Å². The summed E-state index contributed by atoms with van der Waals surface area (Å²) in [6, 6.07) is 0. The van der Waals surface area contributed by atoms with Crippen molar-refractivity contribution in [2.75, 3.05) is 0 Å². The van der Waals surface area contributed by atoms with Gasteiger partial charge < -0.3 is 0 Å². The minimum atomic E-state index is -0.528. The predicted molar refractivity (Wildman–Crippen MR) is 45.2 cm³/mol. The first-order valence-corrected chi connectivity index (χ1v) is 7.18. The molecule has 0 aromatic carbocycles. The summed E-state index contributed by atoms with van der Waals surface area (Å²) in [6.45, 7) is 14.3. The molecule has 0 nitrogen and oxygen atoms in total. The third-order valence-corrected chi connectivity index (χ3v) is 6.27. The van der Waals surface area contributed by atoms with Crippen molar-refractivity contribution in [1.29, 1.82) is 0 Å². The standard InChI is InChI=1S/2C4H9.Sr/c2*1-4(2)3;/h2*1-3H3;. The molecule has 0 radical (unpaired) electrons. The number of hydrogen-bond donors (Lipinski definition) is 0. The molecule has 0 aromatic heterocycles. The van der Waals surface area contributed by atoms with Crippen LogP contribution < -0.4 is 0 Å².